The van der Waals surface area contributed by atoms with Gasteiger partial charge in [0.2, 0.25) is 0 Å². The van der Waals surface area contributed by atoms with Crippen molar-refractivity contribution in [2.45, 2.75) is 13.3 Å². The summed E-state index contributed by atoms with van der Waals surface area (Å²) in [6.45, 7) is 1.93. The lowest BCUT2D eigenvalue weighted by Crippen LogP contribution is -2.03. The number of fused-ring (bicyclic) bond motifs is 1. The van der Waals surface area contributed by atoms with Crippen molar-refractivity contribution < 1.29 is 14.3 Å². The number of carbonyl (C=O) groups is 1. The SMILES string of the molecule is CCc1oc2ccc(Cl)cc2c1C(=O)c1ccc(O)c(Br)c1. The summed E-state index contributed by atoms with van der Waals surface area (Å²) in [4.78, 5) is 12.9. The number of rotatable bonds is 3. The summed E-state index contributed by atoms with van der Waals surface area (Å²) in [6.07, 6.45) is 0.604. The van der Waals surface area contributed by atoms with Gasteiger partial charge in [-0.3, -0.25) is 4.79 Å². The predicted octanol–water partition coefficient (Wildman–Crippen LogP) is 5.35. The molecule has 3 aromatic rings. The molecule has 1 N–H and O–H groups in total. The summed E-state index contributed by atoms with van der Waals surface area (Å²) >= 11 is 9.27. The molecule has 0 spiro atoms. The van der Waals surface area contributed by atoms with Gasteiger partial charge in [-0.2, -0.15) is 0 Å². The Morgan fingerprint density at radius 1 is 1.27 bits per heavy atom. The molecule has 0 radical (unpaired) electrons. The minimum absolute atomic E-state index is 0.0901. The minimum Gasteiger partial charge on any atom is -0.507 e. The number of hydrogen-bond donors (Lipinski definition) is 1. The van der Waals surface area contributed by atoms with E-state index >= 15 is 0 Å². The van der Waals surface area contributed by atoms with Crippen molar-refractivity contribution in [3.8, 4) is 5.75 Å². The number of aryl methyl sites for hydroxylation is 1. The first kappa shape index (κ1) is 15.1. The first-order chi connectivity index (χ1) is 10.5. The van der Waals surface area contributed by atoms with Gasteiger partial charge in [-0.25, -0.2) is 0 Å². The fourth-order valence-corrected chi connectivity index (χ4v) is 2.96. The molecular weight excluding hydrogens is 368 g/mol. The largest absolute Gasteiger partial charge is 0.507 e. The van der Waals surface area contributed by atoms with Crippen molar-refractivity contribution in [2.24, 2.45) is 0 Å². The maximum atomic E-state index is 12.9. The van der Waals surface area contributed by atoms with Crippen LogP contribution in [0.4, 0.5) is 0 Å². The molecule has 0 amide bonds. The topological polar surface area (TPSA) is 50.4 Å². The summed E-state index contributed by atoms with van der Waals surface area (Å²) in [5, 5.41) is 10.8. The first-order valence-corrected chi connectivity index (χ1v) is 7.92. The number of phenolic OH excluding ortho intramolecular Hbond substituents is 1. The van der Waals surface area contributed by atoms with E-state index < -0.39 is 0 Å². The van der Waals surface area contributed by atoms with Crippen molar-refractivity contribution in [2.75, 3.05) is 0 Å². The Morgan fingerprint density at radius 3 is 2.73 bits per heavy atom. The fraction of sp³-hybridized carbons (Fsp3) is 0.118. The van der Waals surface area contributed by atoms with Crippen molar-refractivity contribution >= 4 is 44.3 Å². The highest BCUT2D eigenvalue weighted by Crippen LogP contribution is 2.32. The molecule has 112 valence electrons. The Hall–Kier alpha value is -1.78. The van der Waals surface area contributed by atoms with E-state index in [2.05, 4.69) is 15.9 Å². The van der Waals surface area contributed by atoms with Gasteiger partial charge in [0.1, 0.15) is 17.1 Å². The lowest BCUT2D eigenvalue weighted by atomic mass is 9.99. The molecule has 0 fully saturated rings. The van der Waals surface area contributed by atoms with Gasteiger partial charge >= 0.3 is 0 Å². The van der Waals surface area contributed by atoms with Crippen LogP contribution in [0.2, 0.25) is 5.02 Å². The molecule has 0 aliphatic rings. The van der Waals surface area contributed by atoms with Gasteiger partial charge < -0.3 is 9.52 Å². The molecule has 3 rings (SSSR count). The van der Waals surface area contributed by atoms with E-state index in [9.17, 15) is 9.90 Å². The number of ketones is 1. The summed E-state index contributed by atoms with van der Waals surface area (Å²) in [5.74, 6) is 0.567. The Bertz CT molecular complexity index is 883. The standard InChI is InChI=1S/C17H12BrClO3/c1-2-14-16(11-8-10(19)4-6-15(11)22-14)17(21)9-3-5-13(20)12(18)7-9/h3-8,20H,2H2,1H3. The highest BCUT2D eigenvalue weighted by Gasteiger charge is 2.21. The van der Waals surface area contributed by atoms with Gasteiger partial charge in [0.05, 0.1) is 10.0 Å². The predicted molar refractivity (Wildman–Crippen MR) is 89.8 cm³/mol. The first-order valence-electron chi connectivity index (χ1n) is 6.75. The third-order valence-corrected chi connectivity index (χ3v) is 4.35. The average Bonchev–Trinajstić information content (AvgIpc) is 2.87. The van der Waals surface area contributed by atoms with Crippen LogP contribution in [0.1, 0.15) is 28.6 Å². The van der Waals surface area contributed by atoms with Gasteiger partial charge in [0.25, 0.3) is 0 Å². The number of benzene rings is 2. The van der Waals surface area contributed by atoms with Crippen LogP contribution in [-0.2, 0) is 6.42 Å². The second kappa shape index (κ2) is 5.78. The zero-order valence-corrected chi connectivity index (χ0v) is 14.0. The average molecular weight is 380 g/mol. The second-order valence-corrected chi connectivity index (χ2v) is 6.18. The van der Waals surface area contributed by atoms with Crippen LogP contribution in [0, 0.1) is 0 Å². The Morgan fingerprint density at radius 2 is 2.05 bits per heavy atom. The smallest absolute Gasteiger partial charge is 0.197 e. The van der Waals surface area contributed by atoms with E-state index in [-0.39, 0.29) is 11.5 Å². The molecule has 0 saturated carbocycles. The normalized spacial score (nSPS) is 11.0. The zero-order valence-electron chi connectivity index (χ0n) is 11.7. The van der Waals surface area contributed by atoms with E-state index in [1.54, 1.807) is 30.3 Å². The van der Waals surface area contributed by atoms with Crippen molar-refractivity contribution in [1.82, 2.24) is 0 Å². The molecule has 3 nitrogen and oxygen atoms in total. The van der Waals surface area contributed by atoms with E-state index in [0.717, 1.165) is 0 Å². The van der Waals surface area contributed by atoms with Gasteiger partial charge in [-0.15, -0.1) is 0 Å². The number of phenols is 1. The maximum absolute atomic E-state index is 12.9. The monoisotopic (exact) mass is 378 g/mol. The lowest BCUT2D eigenvalue weighted by Gasteiger charge is -2.04. The van der Waals surface area contributed by atoms with Gasteiger partial charge in [-0.1, -0.05) is 18.5 Å². The molecule has 0 atom stereocenters. The molecular formula is C17H12BrClO3. The summed E-state index contributed by atoms with van der Waals surface area (Å²) in [7, 11) is 0. The van der Waals surface area contributed by atoms with E-state index in [0.29, 0.717) is 43.8 Å². The minimum atomic E-state index is -0.154. The van der Waals surface area contributed by atoms with Crippen molar-refractivity contribution in [1.29, 1.82) is 0 Å². The molecule has 1 heterocycles. The van der Waals surface area contributed by atoms with Crippen LogP contribution >= 0.6 is 27.5 Å². The molecule has 0 aliphatic heterocycles. The van der Waals surface area contributed by atoms with Crippen LogP contribution in [0.15, 0.2) is 45.3 Å². The van der Waals surface area contributed by atoms with Crippen LogP contribution in [0.25, 0.3) is 11.0 Å². The molecule has 2 aromatic carbocycles. The number of hydrogen-bond acceptors (Lipinski definition) is 3. The molecule has 0 unspecified atom stereocenters. The summed E-state index contributed by atoms with van der Waals surface area (Å²) in [6, 6.07) is 9.91. The fourth-order valence-electron chi connectivity index (χ4n) is 2.41. The number of halogens is 2. The highest BCUT2D eigenvalue weighted by molar-refractivity contribution is 9.10. The summed E-state index contributed by atoms with van der Waals surface area (Å²) in [5.41, 5.74) is 1.64. The third-order valence-electron chi connectivity index (χ3n) is 3.48. The zero-order chi connectivity index (χ0) is 15.9. The highest BCUT2D eigenvalue weighted by atomic mass is 79.9. The molecule has 0 aliphatic carbocycles. The number of aromatic hydroxyl groups is 1. The lowest BCUT2D eigenvalue weighted by molar-refractivity contribution is 0.103. The van der Waals surface area contributed by atoms with Crippen LogP contribution in [0.3, 0.4) is 0 Å². The molecule has 5 heteroatoms. The van der Waals surface area contributed by atoms with E-state index in [4.69, 9.17) is 16.0 Å². The second-order valence-electron chi connectivity index (χ2n) is 4.89. The Labute approximate surface area is 140 Å². The van der Waals surface area contributed by atoms with E-state index in [1.807, 2.05) is 6.92 Å². The van der Waals surface area contributed by atoms with Gasteiger partial charge in [0, 0.05) is 22.4 Å². The summed E-state index contributed by atoms with van der Waals surface area (Å²) < 4.78 is 6.23. The molecule has 0 saturated heterocycles. The van der Waals surface area contributed by atoms with Crippen molar-refractivity contribution in [3.05, 3.63) is 62.8 Å². The maximum Gasteiger partial charge on any atom is 0.197 e. The Kier molecular flexibility index (Phi) is 3.98. The molecule has 1 aromatic heterocycles. The van der Waals surface area contributed by atoms with Crippen LogP contribution in [-0.4, -0.2) is 10.9 Å². The quantitative estimate of drug-likeness (QED) is 0.624. The van der Waals surface area contributed by atoms with Crippen LogP contribution < -0.4 is 0 Å². The van der Waals surface area contributed by atoms with E-state index in [1.165, 1.54) is 6.07 Å². The third kappa shape index (κ3) is 2.53. The van der Waals surface area contributed by atoms with Crippen molar-refractivity contribution in [3.63, 3.8) is 0 Å². The van der Waals surface area contributed by atoms with Crippen LogP contribution in [0.5, 0.6) is 5.75 Å². The number of furan rings is 1. The molecule has 0 bridgehead atoms. The molecule has 22 heavy (non-hydrogen) atoms. The number of carbonyl (C=O) groups excluding carboxylic acids is 1. The van der Waals surface area contributed by atoms with Gasteiger partial charge in [-0.05, 0) is 52.3 Å². The Balaban J connectivity index is 2.21. The van der Waals surface area contributed by atoms with Gasteiger partial charge in [0.15, 0.2) is 5.78 Å².